The van der Waals surface area contributed by atoms with Crippen molar-refractivity contribution in [3.05, 3.63) is 88.2 Å². The highest BCUT2D eigenvalue weighted by Gasteiger charge is 2.21. The van der Waals surface area contributed by atoms with E-state index >= 15 is 0 Å². The topological polar surface area (TPSA) is 98.5 Å². The van der Waals surface area contributed by atoms with E-state index in [0.717, 1.165) is 21.5 Å². The minimum Gasteiger partial charge on any atom is -0.494 e. The van der Waals surface area contributed by atoms with E-state index in [1.54, 1.807) is 29.4 Å². The number of aromatic nitrogens is 2. The SMILES string of the molecule is CCOc1ccc2nc(N(Cc3cccnc3)C(=O)Cc3ccc([N+](=O)[O-])cc3)sc2c1. The molecule has 0 atom stereocenters. The van der Waals surface area contributed by atoms with E-state index in [2.05, 4.69) is 9.97 Å². The van der Waals surface area contributed by atoms with Crippen molar-refractivity contribution in [3.8, 4) is 5.75 Å². The molecule has 0 N–H and O–H groups in total. The van der Waals surface area contributed by atoms with E-state index < -0.39 is 4.92 Å². The van der Waals surface area contributed by atoms with Crippen LogP contribution in [0.1, 0.15) is 18.1 Å². The summed E-state index contributed by atoms with van der Waals surface area (Å²) in [4.78, 5) is 34.2. The van der Waals surface area contributed by atoms with E-state index in [4.69, 9.17) is 4.74 Å². The van der Waals surface area contributed by atoms with Crippen LogP contribution in [0.5, 0.6) is 5.75 Å². The first-order valence-electron chi connectivity index (χ1n) is 9.99. The van der Waals surface area contributed by atoms with Crippen molar-refractivity contribution in [2.75, 3.05) is 11.5 Å². The molecule has 0 aliphatic carbocycles. The van der Waals surface area contributed by atoms with Gasteiger partial charge in [0.25, 0.3) is 5.69 Å². The summed E-state index contributed by atoms with van der Waals surface area (Å²) in [7, 11) is 0. The van der Waals surface area contributed by atoms with E-state index in [9.17, 15) is 14.9 Å². The molecule has 4 rings (SSSR count). The number of amides is 1. The fourth-order valence-electron chi connectivity index (χ4n) is 3.21. The number of anilines is 1. The second-order valence-electron chi connectivity index (χ2n) is 7.00. The molecule has 2 heterocycles. The van der Waals surface area contributed by atoms with Gasteiger partial charge in [-0.15, -0.1) is 0 Å². The summed E-state index contributed by atoms with van der Waals surface area (Å²) < 4.78 is 6.50. The smallest absolute Gasteiger partial charge is 0.269 e. The van der Waals surface area contributed by atoms with Crippen LogP contribution in [0.4, 0.5) is 10.8 Å². The molecule has 2 aromatic heterocycles. The van der Waals surface area contributed by atoms with Crippen LogP contribution >= 0.6 is 11.3 Å². The number of fused-ring (bicyclic) bond motifs is 1. The van der Waals surface area contributed by atoms with Gasteiger partial charge in [-0.05, 0) is 42.3 Å². The quantitative estimate of drug-likeness (QED) is 0.284. The maximum absolute atomic E-state index is 13.3. The third kappa shape index (κ3) is 4.89. The Hall–Kier alpha value is -3.85. The fourth-order valence-corrected chi connectivity index (χ4v) is 4.22. The first-order valence-corrected chi connectivity index (χ1v) is 10.8. The van der Waals surface area contributed by atoms with Gasteiger partial charge >= 0.3 is 0 Å². The molecule has 32 heavy (non-hydrogen) atoms. The lowest BCUT2D eigenvalue weighted by atomic mass is 10.1. The average Bonchev–Trinajstić information content (AvgIpc) is 3.21. The van der Waals surface area contributed by atoms with Crippen molar-refractivity contribution in [2.45, 2.75) is 19.9 Å². The number of non-ortho nitro benzene ring substituents is 1. The second kappa shape index (κ2) is 9.52. The number of hydrogen-bond acceptors (Lipinski definition) is 7. The summed E-state index contributed by atoms with van der Waals surface area (Å²) in [6, 6.07) is 15.4. The summed E-state index contributed by atoms with van der Waals surface area (Å²) in [5, 5.41) is 11.5. The molecular weight excluding hydrogens is 428 g/mol. The number of nitro groups is 1. The molecule has 0 spiro atoms. The van der Waals surface area contributed by atoms with Crippen LogP contribution in [0.3, 0.4) is 0 Å². The Morgan fingerprint density at radius 3 is 2.66 bits per heavy atom. The minimum absolute atomic E-state index is 0.00955. The number of thiazole rings is 1. The van der Waals surface area contributed by atoms with Gasteiger partial charge in [-0.2, -0.15) is 0 Å². The molecule has 0 radical (unpaired) electrons. The monoisotopic (exact) mass is 448 g/mol. The van der Waals surface area contributed by atoms with Crippen LogP contribution in [0.25, 0.3) is 10.2 Å². The van der Waals surface area contributed by atoms with Crippen LogP contribution in [-0.4, -0.2) is 27.4 Å². The number of pyridine rings is 1. The van der Waals surface area contributed by atoms with Crippen molar-refractivity contribution in [3.63, 3.8) is 0 Å². The third-order valence-electron chi connectivity index (χ3n) is 4.76. The molecule has 0 bridgehead atoms. The number of hydrogen-bond donors (Lipinski definition) is 0. The Bertz CT molecular complexity index is 1240. The zero-order chi connectivity index (χ0) is 22.5. The number of nitro benzene ring substituents is 1. The zero-order valence-electron chi connectivity index (χ0n) is 17.3. The van der Waals surface area contributed by atoms with Gasteiger partial charge in [-0.3, -0.25) is 24.8 Å². The summed E-state index contributed by atoms with van der Waals surface area (Å²) in [5.74, 6) is 0.595. The predicted octanol–water partition coefficient (Wildman–Crippen LogP) is 4.77. The van der Waals surface area contributed by atoms with Gasteiger partial charge in [0, 0.05) is 24.5 Å². The van der Waals surface area contributed by atoms with Crippen molar-refractivity contribution in [1.82, 2.24) is 9.97 Å². The molecule has 2 aromatic carbocycles. The Morgan fingerprint density at radius 1 is 1.16 bits per heavy atom. The molecule has 0 saturated heterocycles. The van der Waals surface area contributed by atoms with Gasteiger partial charge in [0.05, 0.1) is 34.7 Å². The Kier molecular flexibility index (Phi) is 6.37. The number of benzene rings is 2. The Labute approximate surface area is 188 Å². The van der Waals surface area contributed by atoms with E-state index in [1.807, 2.05) is 37.3 Å². The van der Waals surface area contributed by atoms with Gasteiger partial charge in [0.2, 0.25) is 5.91 Å². The van der Waals surface area contributed by atoms with Gasteiger partial charge in [0.15, 0.2) is 5.13 Å². The summed E-state index contributed by atoms with van der Waals surface area (Å²) in [5.41, 5.74) is 2.34. The summed E-state index contributed by atoms with van der Waals surface area (Å²) in [6.45, 7) is 2.81. The second-order valence-corrected chi connectivity index (χ2v) is 8.01. The van der Waals surface area contributed by atoms with Gasteiger partial charge < -0.3 is 4.74 Å². The normalized spacial score (nSPS) is 10.8. The number of rotatable bonds is 8. The molecule has 162 valence electrons. The largest absolute Gasteiger partial charge is 0.494 e. The fraction of sp³-hybridized carbons (Fsp3) is 0.174. The highest BCUT2D eigenvalue weighted by molar-refractivity contribution is 7.22. The number of carbonyl (C=O) groups is 1. The molecule has 4 aromatic rings. The predicted molar refractivity (Wildman–Crippen MR) is 123 cm³/mol. The number of nitrogens with zero attached hydrogens (tertiary/aromatic N) is 4. The number of carbonyl (C=O) groups excluding carboxylic acids is 1. The van der Waals surface area contributed by atoms with Crippen LogP contribution in [-0.2, 0) is 17.8 Å². The Morgan fingerprint density at radius 2 is 1.97 bits per heavy atom. The lowest BCUT2D eigenvalue weighted by Gasteiger charge is -2.20. The number of ether oxygens (including phenoxy) is 1. The van der Waals surface area contributed by atoms with Gasteiger partial charge in [-0.25, -0.2) is 4.98 Å². The molecule has 9 heteroatoms. The average molecular weight is 449 g/mol. The highest BCUT2D eigenvalue weighted by atomic mass is 32.1. The van der Waals surface area contributed by atoms with Crippen LogP contribution in [0, 0.1) is 10.1 Å². The van der Waals surface area contributed by atoms with E-state index in [1.165, 1.54) is 23.5 Å². The zero-order valence-corrected chi connectivity index (χ0v) is 18.1. The lowest BCUT2D eigenvalue weighted by molar-refractivity contribution is -0.384. The molecular formula is C23H20N4O4S. The maximum Gasteiger partial charge on any atom is 0.269 e. The first kappa shape index (κ1) is 21.4. The van der Waals surface area contributed by atoms with Crippen molar-refractivity contribution < 1.29 is 14.5 Å². The summed E-state index contributed by atoms with van der Waals surface area (Å²) in [6.07, 6.45) is 3.49. The molecule has 0 aliphatic heterocycles. The molecule has 8 nitrogen and oxygen atoms in total. The van der Waals surface area contributed by atoms with E-state index in [0.29, 0.717) is 23.8 Å². The van der Waals surface area contributed by atoms with Crippen molar-refractivity contribution >= 4 is 38.3 Å². The minimum atomic E-state index is -0.460. The van der Waals surface area contributed by atoms with Crippen LogP contribution in [0.2, 0.25) is 0 Å². The molecule has 1 amide bonds. The van der Waals surface area contributed by atoms with Crippen LogP contribution < -0.4 is 9.64 Å². The third-order valence-corrected chi connectivity index (χ3v) is 5.80. The maximum atomic E-state index is 13.3. The first-order chi connectivity index (χ1) is 15.5. The Balaban J connectivity index is 1.64. The lowest BCUT2D eigenvalue weighted by Crippen LogP contribution is -2.31. The van der Waals surface area contributed by atoms with Crippen molar-refractivity contribution in [1.29, 1.82) is 0 Å². The molecule has 0 unspecified atom stereocenters. The standard InChI is InChI=1S/C23H20N4O4S/c1-2-31-19-9-10-20-21(13-19)32-23(25-20)26(15-17-4-3-11-24-14-17)22(28)12-16-5-7-18(8-6-16)27(29)30/h3-11,13-14H,2,12,15H2,1H3. The highest BCUT2D eigenvalue weighted by Crippen LogP contribution is 2.32. The van der Waals surface area contributed by atoms with Gasteiger partial charge in [-0.1, -0.05) is 29.5 Å². The van der Waals surface area contributed by atoms with E-state index in [-0.39, 0.29) is 18.0 Å². The molecule has 0 aliphatic rings. The van der Waals surface area contributed by atoms with Crippen molar-refractivity contribution in [2.24, 2.45) is 0 Å². The molecule has 0 saturated carbocycles. The molecule has 0 fully saturated rings. The summed E-state index contributed by atoms with van der Waals surface area (Å²) >= 11 is 1.41. The van der Waals surface area contributed by atoms with Gasteiger partial charge in [0.1, 0.15) is 5.75 Å². The van der Waals surface area contributed by atoms with Crippen LogP contribution in [0.15, 0.2) is 67.0 Å².